The molecule has 0 bridgehead atoms. The number of allylic oxidation sites excluding steroid dienone is 4. The van der Waals surface area contributed by atoms with Crippen molar-refractivity contribution in [2.45, 2.75) is 232 Å². The summed E-state index contributed by atoms with van der Waals surface area (Å²) in [6, 6.07) is 0. The summed E-state index contributed by atoms with van der Waals surface area (Å²) in [6.45, 7) is 2.21. The van der Waals surface area contributed by atoms with E-state index in [1.807, 2.05) is 0 Å². The molecule has 3 unspecified atom stereocenters. The third-order valence-electron chi connectivity index (χ3n) is 10.1. The van der Waals surface area contributed by atoms with E-state index in [-0.39, 0.29) is 12.8 Å². The average molecular weight is 831 g/mol. The number of phosphoric ester groups is 1. The minimum Gasteiger partial charge on any atom is -0.457 e. The predicted octanol–water partition coefficient (Wildman–Crippen LogP) is 12.6. The van der Waals surface area contributed by atoms with Crippen LogP contribution in [0.5, 0.6) is 0 Å². The molecule has 0 spiro atoms. The van der Waals surface area contributed by atoms with E-state index < -0.39 is 58.4 Å². The molecule has 0 radical (unpaired) electrons. The second-order valence-electron chi connectivity index (χ2n) is 15.7. The number of unbranched alkanes of at least 4 members (excludes halogenated alkanes) is 26. The molecular weight excluding hydrogens is 743 g/mol. The molecule has 0 aromatic carbocycles. The number of hydrogen-bond acceptors (Lipinski definition) is 9. The van der Waals surface area contributed by atoms with E-state index in [1.54, 1.807) is 0 Å². The van der Waals surface area contributed by atoms with Crippen LogP contribution in [0.1, 0.15) is 219 Å². The molecule has 57 heavy (non-hydrogen) atoms. The molecule has 0 saturated heterocycles. The van der Waals surface area contributed by atoms with Gasteiger partial charge in [-0.3, -0.25) is 18.6 Å². The Bertz CT molecular complexity index is 1000. The normalized spacial score (nSPS) is 14.0. The maximum absolute atomic E-state index is 12.4. The average Bonchev–Trinajstić information content (AvgIpc) is 3.20. The van der Waals surface area contributed by atoms with Crippen LogP contribution in [0, 0.1) is 0 Å². The molecule has 0 aromatic rings. The van der Waals surface area contributed by atoms with Crippen LogP contribution in [0.2, 0.25) is 0 Å². The Kier molecular flexibility index (Phi) is 41.4. The first-order chi connectivity index (χ1) is 27.8. The summed E-state index contributed by atoms with van der Waals surface area (Å²) in [7, 11) is -4.64. The summed E-state index contributed by atoms with van der Waals surface area (Å²) >= 11 is 0. The second kappa shape index (κ2) is 42.6. The number of ether oxygens (including phenoxy) is 2. The van der Waals surface area contributed by atoms with Crippen molar-refractivity contribution >= 4 is 19.8 Å². The molecule has 0 aliphatic carbocycles. The maximum atomic E-state index is 12.4. The maximum Gasteiger partial charge on any atom is 0.472 e. The number of carbonyl (C=O) groups is 2. The SMILES string of the molecule is CCCCCCCCC/C=C\CCCCCCCCCC(=O)OC(CO)COP(=O)(O)OCC(CO)OC(=O)CCCCCCC/C=C\CCCCCCCCC. The summed E-state index contributed by atoms with van der Waals surface area (Å²) in [5, 5.41) is 19.2. The van der Waals surface area contributed by atoms with Crippen LogP contribution in [0.25, 0.3) is 0 Å². The van der Waals surface area contributed by atoms with Gasteiger partial charge in [0.15, 0.2) is 0 Å². The Morgan fingerprint density at radius 1 is 0.456 bits per heavy atom. The highest BCUT2D eigenvalue weighted by Gasteiger charge is 2.27. The lowest BCUT2D eigenvalue weighted by atomic mass is 10.1. The minimum absolute atomic E-state index is 0.184. The van der Waals surface area contributed by atoms with Crippen LogP contribution >= 0.6 is 7.82 Å². The van der Waals surface area contributed by atoms with Crippen LogP contribution in [0.4, 0.5) is 0 Å². The van der Waals surface area contributed by atoms with E-state index >= 15 is 0 Å². The monoisotopic (exact) mass is 831 g/mol. The smallest absolute Gasteiger partial charge is 0.457 e. The lowest BCUT2D eigenvalue weighted by molar-refractivity contribution is -0.153. The first-order valence-corrected chi connectivity index (χ1v) is 24.8. The number of carbonyl (C=O) groups excluding carboxylic acids is 2. The topological polar surface area (TPSA) is 149 Å². The van der Waals surface area contributed by atoms with E-state index in [9.17, 15) is 29.3 Å². The van der Waals surface area contributed by atoms with E-state index in [0.29, 0.717) is 12.8 Å². The molecular formula is C46H87O10P. The van der Waals surface area contributed by atoms with Gasteiger partial charge in [0.2, 0.25) is 0 Å². The van der Waals surface area contributed by atoms with Gasteiger partial charge in [-0.05, 0) is 64.2 Å². The highest BCUT2D eigenvalue weighted by Crippen LogP contribution is 2.43. The first kappa shape index (κ1) is 55.5. The van der Waals surface area contributed by atoms with E-state index in [0.717, 1.165) is 57.8 Å². The van der Waals surface area contributed by atoms with Gasteiger partial charge in [0.25, 0.3) is 0 Å². The number of hydrogen-bond donors (Lipinski definition) is 3. The number of rotatable bonds is 44. The quantitative estimate of drug-likeness (QED) is 0.0234. The van der Waals surface area contributed by atoms with Gasteiger partial charge >= 0.3 is 19.8 Å². The van der Waals surface area contributed by atoms with Crippen LogP contribution < -0.4 is 0 Å². The standard InChI is InChI=1S/C46H87O10P/c1-3-5-7-9-11-13-15-17-19-21-22-24-26-28-30-32-34-36-38-46(50)56-44(40-48)42-54-57(51,52)53-41-43(39-47)55-45(49)37-35-33-31-29-27-25-23-20-18-16-14-12-10-8-6-4-2/h19-21,23,43-44,47-48H,3-18,22,24-42H2,1-2H3,(H,51,52)/b21-19-,23-20-. The van der Waals surface area contributed by atoms with Gasteiger partial charge in [-0.1, -0.05) is 167 Å². The van der Waals surface area contributed by atoms with Crippen molar-refractivity contribution in [1.29, 1.82) is 0 Å². The molecule has 10 nitrogen and oxygen atoms in total. The van der Waals surface area contributed by atoms with Crippen LogP contribution in [0.15, 0.2) is 24.3 Å². The molecule has 336 valence electrons. The van der Waals surface area contributed by atoms with Crippen LogP contribution in [-0.2, 0) is 32.7 Å². The van der Waals surface area contributed by atoms with Crippen molar-refractivity contribution in [3.63, 3.8) is 0 Å². The van der Waals surface area contributed by atoms with Gasteiger partial charge in [0.05, 0.1) is 26.4 Å². The van der Waals surface area contributed by atoms with Crippen molar-refractivity contribution < 1.29 is 47.8 Å². The van der Waals surface area contributed by atoms with Gasteiger partial charge in [0, 0.05) is 12.8 Å². The summed E-state index contributed by atoms with van der Waals surface area (Å²) in [4.78, 5) is 34.6. The molecule has 0 fully saturated rings. The molecule has 3 N–H and O–H groups in total. The Labute approximate surface area is 348 Å². The summed E-state index contributed by atoms with van der Waals surface area (Å²) in [5.41, 5.74) is 0. The van der Waals surface area contributed by atoms with Crippen LogP contribution in [-0.4, -0.2) is 65.7 Å². The Morgan fingerprint density at radius 2 is 0.719 bits per heavy atom. The van der Waals surface area contributed by atoms with Gasteiger partial charge in [0.1, 0.15) is 12.2 Å². The number of phosphoric acid groups is 1. The number of aliphatic hydroxyl groups excluding tert-OH is 2. The van der Waals surface area contributed by atoms with Crippen LogP contribution in [0.3, 0.4) is 0 Å². The molecule has 11 heteroatoms. The highest BCUT2D eigenvalue weighted by atomic mass is 31.2. The Hall–Kier alpha value is -1.55. The summed E-state index contributed by atoms with van der Waals surface area (Å²) in [5.74, 6) is -1.03. The molecule has 0 aliphatic heterocycles. The van der Waals surface area contributed by atoms with Crippen molar-refractivity contribution in [3.8, 4) is 0 Å². The first-order valence-electron chi connectivity index (χ1n) is 23.3. The van der Waals surface area contributed by atoms with Crippen molar-refractivity contribution in [1.82, 2.24) is 0 Å². The largest absolute Gasteiger partial charge is 0.472 e. The zero-order valence-electron chi connectivity index (χ0n) is 36.6. The number of esters is 2. The molecule has 3 atom stereocenters. The Morgan fingerprint density at radius 3 is 1.00 bits per heavy atom. The van der Waals surface area contributed by atoms with Gasteiger partial charge < -0.3 is 24.6 Å². The zero-order chi connectivity index (χ0) is 41.9. The van der Waals surface area contributed by atoms with Gasteiger partial charge in [-0.2, -0.15) is 0 Å². The Balaban J connectivity index is 3.89. The van der Waals surface area contributed by atoms with E-state index in [4.69, 9.17) is 18.5 Å². The fraction of sp³-hybridized carbons (Fsp3) is 0.870. The third kappa shape index (κ3) is 41.0. The lowest BCUT2D eigenvalue weighted by Gasteiger charge is -2.20. The van der Waals surface area contributed by atoms with Gasteiger partial charge in [-0.25, -0.2) is 4.57 Å². The van der Waals surface area contributed by atoms with Gasteiger partial charge in [-0.15, -0.1) is 0 Å². The molecule has 0 rings (SSSR count). The highest BCUT2D eigenvalue weighted by molar-refractivity contribution is 7.47. The fourth-order valence-electron chi connectivity index (χ4n) is 6.52. The molecule has 0 heterocycles. The minimum atomic E-state index is -4.64. The molecule has 0 saturated carbocycles. The predicted molar refractivity (Wildman–Crippen MR) is 233 cm³/mol. The zero-order valence-corrected chi connectivity index (χ0v) is 37.5. The summed E-state index contributed by atoms with van der Waals surface area (Å²) < 4.78 is 32.6. The molecule has 0 aliphatic rings. The van der Waals surface area contributed by atoms with E-state index in [2.05, 4.69) is 38.2 Å². The van der Waals surface area contributed by atoms with Crippen molar-refractivity contribution in [2.75, 3.05) is 26.4 Å². The van der Waals surface area contributed by atoms with Crippen molar-refractivity contribution in [2.24, 2.45) is 0 Å². The van der Waals surface area contributed by atoms with Crippen molar-refractivity contribution in [3.05, 3.63) is 24.3 Å². The number of aliphatic hydroxyl groups is 2. The second-order valence-corrected chi connectivity index (χ2v) is 17.2. The lowest BCUT2D eigenvalue weighted by Crippen LogP contribution is -2.28. The molecule has 0 amide bonds. The molecule has 0 aromatic heterocycles. The third-order valence-corrected chi connectivity index (χ3v) is 11.1. The fourth-order valence-corrected chi connectivity index (χ4v) is 7.30. The van der Waals surface area contributed by atoms with E-state index in [1.165, 1.54) is 122 Å². The summed E-state index contributed by atoms with van der Waals surface area (Å²) in [6.07, 6.45) is 42.9.